The number of ketones is 1. The molecule has 0 aliphatic carbocycles. The molecule has 2 aliphatic heterocycles. The number of nitrogens with zero attached hydrogens (tertiary/aromatic N) is 3. The first kappa shape index (κ1) is 31.1. The smallest absolute Gasteiger partial charge is 0.251 e. The number of hydrogen-bond donors (Lipinski definition) is 2. The molecule has 4 amide bonds. The number of likely N-dealkylation sites (tertiary alicyclic amines) is 2. The van der Waals surface area contributed by atoms with Gasteiger partial charge >= 0.3 is 0 Å². The molecule has 2 saturated heterocycles. The third-order valence-electron chi connectivity index (χ3n) is 7.65. The Morgan fingerprint density at radius 2 is 1.52 bits per heavy atom. The van der Waals surface area contributed by atoms with E-state index in [0.29, 0.717) is 37.3 Å². The van der Waals surface area contributed by atoms with Crippen LogP contribution in [0, 0.1) is 11.8 Å². The minimum Gasteiger partial charge on any atom is -0.378 e. The quantitative estimate of drug-likeness (QED) is 0.432. The first-order valence-corrected chi connectivity index (χ1v) is 14.3. The molecule has 220 valence electrons. The Kier molecular flexibility index (Phi) is 10.3. The molecular formula is C30H45N5O5. The summed E-state index contributed by atoms with van der Waals surface area (Å²) in [5.74, 6) is -0.937. The second kappa shape index (κ2) is 13.3. The Hall–Kier alpha value is -3.43. The van der Waals surface area contributed by atoms with E-state index in [0.717, 1.165) is 12.1 Å². The maximum Gasteiger partial charge on any atom is 0.251 e. The first-order chi connectivity index (χ1) is 18.8. The zero-order valence-corrected chi connectivity index (χ0v) is 24.9. The highest BCUT2D eigenvalue weighted by molar-refractivity contribution is 6.01. The number of fused-ring (bicyclic) bond motifs is 1. The molecular weight excluding hydrogens is 510 g/mol. The van der Waals surface area contributed by atoms with Crippen molar-refractivity contribution in [2.75, 3.05) is 32.1 Å². The molecule has 2 unspecified atom stereocenters. The van der Waals surface area contributed by atoms with E-state index in [1.54, 1.807) is 21.9 Å². The number of benzene rings is 1. The molecule has 0 spiro atoms. The van der Waals surface area contributed by atoms with Crippen LogP contribution in [0.5, 0.6) is 0 Å². The summed E-state index contributed by atoms with van der Waals surface area (Å²) < 4.78 is 0. The van der Waals surface area contributed by atoms with Gasteiger partial charge in [-0.25, -0.2) is 0 Å². The van der Waals surface area contributed by atoms with Crippen molar-refractivity contribution in [2.45, 2.75) is 84.5 Å². The summed E-state index contributed by atoms with van der Waals surface area (Å²) in [5, 5.41) is 5.66. The highest BCUT2D eigenvalue weighted by atomic mass is 16.2. The average molecular weight is 556 g/mol. The fraction of sp³-hybridized carbons (Fsp3) is 0.633. The van der Waals surface area contributed by atoms with Crippen LogP contribution >= 0.6 is 0 Å². The molecule has 0 saturated carbocycles. The van der Waals surface area contributed by atoms with Crippen LogP contribution in [0.1, 0.15) is 70.7 Å². The Morgan fingerprint density at radius 1 is 0.900 bits per heavy atom. The lowest BCUT2D eigenvalue weighted by Crippen LogP contribution is -2.53. The number of rotatable bonds is 11. The fourth-order valence-corrected chi connectivity index (χ4v) is 5.61. The van der Waals surface area contributed by atoms with Crippen LogP contribution in [0.4, 0.5) is 5.69 Å². The molecule has 1 aromatic carbocycles. The van der Waals surface area contributed by atoms with Crippen LogP contribution in [0.15, 0.2) is 24.3 Å². The van der Waals surface area contributed by atoms with Gasteiger partial charge in [0.1, 0.15) is 18.1 Å². The summed E-state index contributed by atoms with van der Waals surface area (Å²) in [6.07, 6.45) is 2.13. The Bertz CT molecular complexity index is 1100. The summed E-state index contributed by atoms with van der Waals surface area (Å²) in [4.78, 5) is 70.4. The molecule has 4 atom stereocenters. The predicted octanol–water partition coefficient (Wildman–Crippen LogP) is 2.22. The van der Waals surface area contributed by atoms with Gasteiger partial charge in [-0.15, -0.1) is 0 Å². The minimum absolute atomic E-state index is 0.0882. The van der Waals surface area contributed by atoms with E-state index in [9.17, 15) is 24.0 Å². The van der Waals surface area contributed by atoms with Gasteiger partial charge in [0.25, 0.3) is 5.91 Å². The van der Waals surface area contributed by atoms with Gasteiger partial charge in [0.2, 0.25) is 17.7 Å². The maximum atomic E-state index is 13.8. The zero-order valence-electron chi connectivity index (χ0n) is 24.9. The van der Waals surface area contributed by atoms with Gasteiger partial charge in [0, 0.05) is 38.8 Å². The van der Waals surface area contributed by atoms with Crippen molar-refractivity contribution in [3.8, 4) is 0 Å². The lowest BCUT2D eigenvalue weighted by Gasteiger charge is -2.30. The van der Waals surface area contributed by atoms with Crippen molar-refractivity contribution in [3.63, 3.8) is 0 Å². The molecule has 2 fully saturated rings. The molecule has 2 aliphatic rings. The van der Waals surface area contributed by atoms with Gasteiger partial charge in [-0.3, -0.25) is 24.0 Å². The van der Waals surface area contributed by atoms with Crippen molar-refractivity contribution < 1.29 is 24.0 Å². The van der Waals surface area contributed by atoms with Crippen LogP contribution in [0.25, 0.3) is 0 Å². The Morgan fingerprint density at radius 3 is 2.08 bits per heavy atom. The van der Waals surface area contributed by atoms with Crippen LogP contribution in [-0.4, -0.2) is 90.6 Å². The first-order valence-electron chi connectivity index (χ1n) is 14.3. The van der Waals surface area contributed by atoms with Gasteiger partial charge in [-0.05, 0) is 61.8 Å². The molecule has 0 aromatic heterocycles. The average Bonchev–Trinajstić information content (AvgIpc) is 3.46. The lowest BCUT2D eigenvalue weighted by atomic mass is 10.0. The van der Waals surface area contributed by atoms with Crippen molar-refractivity contribution in [3.05, 3.63) is 29.8 Å². The number of carbonyl (C=O) groups is 5. The second-order valence-electron chi connectivity index (χ2n) is 12.1. The van der Waals surface area contributed by atoms with E-state index in [4.69, 9.17) is 0 Å². The topological polar surface area (TPSA) is 119 Å². The SMILES string of the molecule is CC(=O)N[C@@H](CCC(C)C)C(=O)N1CC(=O)[C@@H]2C1CCN2C(=O)C(CC(C)C)NC(=O)c1ccc(N(C)C)cc1. The third kappa shape index (κ3) is 7.40. The third-order valence-corrected chi connectivity index (χ3v) is 7.65. The number of carbonyl (C=O) groups excluding carboxylic acids is 5. The molecule has 0 bridgehead atoms. The van der Waals surface area contributed by atoms with Crippen molar-refractivity contribution in [1.29, 1.82) is 0 Å². The Labute approximate surface area is 237 Å². The second-order valence-corrected chi connectivity index (χ2v) is 12.1. The molecule has 2 heterocycles. The highest BCUT2D eigenvalue weighted by Crippen LogP contribution is 2.31. The summed E-state index contributed by atoms with van der Waals surface area (Å²) >= 11 is 0. The van der Waals surface area contributed by atoms with Gasteiger partial charge in [-0.2, -0.15) is 0 Å². The summed E-state index contributed by atoms with van der Waals surface area (Å²) in [7, 11) is 3.83. The van der Waals surface area contributed by atoms with E-state index < -0.39 is 24.2 Å². The predicted molar refractivity (Wildman–Crippen MR) is 154 cm³/mol. The number of Topliss-reactive ketones (excluding diaryl/α,β-unsaturated/α-hetero) is 1. The van der Waals surface area contributed by atoms with Gasteiger partial charge in [0.05, 0.1) is 12.6 Å². The number of anilines is 1. The summed E-state index contributed by atoms with van der Waals surface area (Å²) in [6.45, 7) is 9.67. The summed E-state index contributed by atoms with van der Waals surface area (Å²) in [6, 6.07) is 4.46. The molecule has 1 aromatic rings. The normalized spacial score (nSPS) is 20.0. The molecule has 3 rings (SSSR count). The fourth-order valence-electron chi connectivity index (χ4n) is 5.61. The standard InChI is InChI=1S/C30H45N5O5/c1-18(2)8-13-23(31-20(5)36)29(39)35-17-26(37)27-25(35)14-15-34(27)30(40)24(16-19(3)4)32-28(38)21-9-11-22(12-10-21)33(6)7/h9-12,18-19,23-25,27H,8,13-17H2,1-7H3,(H,31,36)(H,32,38)/t23-,24?,25?,27-/m0/s1. The van der Waals surface area contributed by atoms with Crippen LogP contribution in [-0.2, 0) is 19.2 Å². The van der Waals surface area contributed by atoms with E-state index in [1.807, 2.05) is 45.0 Å². The van der Waals surface area contributed by atoms with E-state index in [-0.39, 0.29) is 41.9 Å². The summed E-state index contributed by atoms with van der Waals surface area (Å²) in [5.41, 5.74) is 1.41. The molecule has 10 heteroatoms. The number of amides is 4. The molecule has 40 heavy (non-hydrogen) atoms. The van der Waals surface area contributed by atoms with Gasteiger partial charge in [-0.1, -0.05) is 27.7 Å². The zero-order chi connectivity index (χ0) is 29.7. The number of hydrogen-bond acceptors (Lipinski definition) is 6. The number of nitrogens with one attached hydrogen (secondary N) is 2. The van der Waals surface area contributed by atoms with Crippen LogP contribution < -0.4 is 15.5 Å². The molecule has 2 N–H and O–H groups in total. The molecule has 10 nitrogen and oxygen atoms in total. The van der Waals surface area contributed by atoms with Crippen LogP contribution in [0.2, 0.25) is 0 Å². The lowest BCUT2D eigenvalue weighted by molar-refractivity contribution is -0.138. The molecule has 0 radical (unpaired) electrons. The maximum absolute atomic E-state index is 13.8. The highest BCUT2D eigenvalue weighted by Gasteiger charge is 2.53. The monoisotopic (exact) mass is 555 g/mol. The van der Waals surface area contributed by atoms with Crippen molar-refractivity contribution in [2.24, 2.45) is 11.8 Å². The van der Waals surface area contributed by atoms with E-state index in [1.165, 1.54) is 6.92 Å². The van der Waals surface area contributed by atoms with E-state index in [2.05, 4.69) is 24.5 Å². The largest absolute Gasteiger partial charge is 0.378 e. The minimum atomic E-state index is -0.796. The van der Waals surface area contributed by atoms with Crippen LogP contribution in [0.3, 0.4) is 0 Å². The Balaban J connectivity index is 1.76. The van der Waals surface area contributed by atoms with Crippen molar-refractivity contribution >= 4 is 35.1 Å². The van der Waals surface area contributed by atoms with Gasteiger partial charge in [0.15, 0.2) is 5.78 Å². The van der Waals surface area contributed by atoms with E-state index >= 15 is 0 Å². The van der Waals surface area contributed by atoms with Gasteiger partial charge < -0.3 is 25.3 Å². The van der Waals surface area contributed by atoms with Crippen molar-refractivity contribution in [1.82, 2.24) is 20.4 Å².